The SMILES string of the molecule is COc1ccnc(C(=O)C[C@@H](C)C(=O)O[C@@H](C)[C@H](c2ccc(F)cc2C)C(C)C)c1OC(=O)C(C)C. The third kappa shape index (κ3) is 7.12. The van der Waals surface area contributed by atoms with Crippen molar-refractivity contribution < 1.29 is 33.0 Å². The molecule has 0 saturated carbocycles. The van der Waals surface area contributed by atoms with Gasteiger partial charge in [-0.1, -0.05) is 40.7 Å². The molecule has 0 spiro atoms. The van der Waals surface area contributed by atoms with E-state index >= 15 is 0 Å². The zero-order valence-corrected chi connectivity index (χ0v) is 22.3. The van der Waals surface area contributed by atoms with Crippen LogP contribution in [-0.2, 0) is 14.3 Å². The molecule has 0 aliphatic carbocycles. The molecular weight excluding hydrogens is 465 g/mol. The van der Waals surface area contributed by atoms with Gasteiger partial charge in [0.15, 0.2) is 17.2 Å². The molecule has 0 aliphatic rings. The summed E-state index contributed by atoms with van der Waals surface area (Å²) in [6.45, 7) is 12.6. The highest BCUT2D eigenvalue weighted by Crippen LogP contribution is 2.34. The molecule has 2 rings (SSSR count). The summed E-state index contributed by atoms with van der Waals surface area (Å²) >= 11 is 0. The van der Waals surface area contributed by atoms with E-state index in [4.69, 9.17) is 14.2 Å². The molecule has 0 fully saturated rings. The molecule has 0 saturated heterocycles. The van der Waals surface area contributed by atoms with Gasteiger partial charge in [0.2, 0.25) is 5.75 Å². The Kier molecular flexibility index (Phi) is 10.1. The fourth-order valence-electron chi connectivity index (χ4n) is 4.10. The number of aromatic nitrogens is 1. The third-order valence-corrected chi connectivity index (χ3v) is 6.04. The molecule has 0 radical (unpaired) electrons. The van der Waals surface area contributed by atoms with Gasteiger partial charge in [-0.15, -0.1) is 0 Å². The fourth-order valence-corrected chi connectivity index (χ4v) is 4.10. The van der Waals surface area contributed by atoms with Crippen LogP contribution in [0.3, 0.4) is 0 Å². The number of rotatable bonds is 11. The van der Waals surface area contributed by atoms with E-state index in [9.17, 15) is 18.8 Å². The molecule has 0 bridgehead atoms. The summed E-state index contributed by atoms with van der Waals surface area (Å²) in [6, 6.07) is 6.08. The second-order valence-electron chi connectivity index (χ2n) is 9.71. The first-order valence-electron chi connectivity index (χ1n) is 12.1. The van der Waals surface area contributed by atoms with Crippen LogP contribution in [0.25, 0.3) is 0 Å². The van der Waals surface area contributed by atoms with E-state index in [2.05, 4.69) is 4.98 Å². The van der Waals surface area contributed by atoms with Gasteiger partial charge < -0.3 is 14.2 Å². The molecule has 36 heavy (non-hydrogen) atoms. The smallest absolute Gasteiger partial charge is 0.313 e. The van der Waals surface area contributed by atoms with Crippen LogP contribution in [0.5, 0.6) is 11.5 Å². The number of benzene rings is 1. The van der Waals surface area contributed by atoms with Crippen molar-refractivity contribution in [2.75, 3.05) is 7.11 Å². The van der Waals surface area contributed by atoms with Crippen LogP contribution >= 0.6 is 0 Å². The van der Waals surface area contributed by atoms with Crippen molar-refractivity contribution in [3.8, 4) is 11.5 Å². The number of hydrogen-bond acceptors (Lipinski definition) is 7. The Morgan fingerprint density at radius 3 is 2.22 bits per heavy atom. The van der Waals surface area contributed by atoms with Crippen molar-refractivity contribution in [3.05, 3.63) is 53.1 Å². The minimum absolute atomic E-state index is 0.0655. The lowest BCUT2D eigenvalue weighted by molar-refractivity contribution is -0.154. The largest absolute Gasteiger partial charge is 0.493 e. The number of Topliss-reactive ketones (excluding diaryl/α,β-unsaturated/α-hetero) is 1. The highest BCUT2D eigenvalue weighted by Gasteiger charge is 2.31. The predicted molar refractivity (Wildman–Crippen MR) is 134 cm³/mol. The maximum atomic E-state index is 13.6. The average molecular weight is 502 g/mol. The van der Waals surface area contributed by atoms with Gasteiger partial charge in [-0.3, -0.25) is 14.4 Å². The van der Waals surface area contributed by atoms with Gasteiger partial charge in [0.05, 0.1) is 18.9 Å². The molecule has 0 amide bonds. The first kappa shape index (κ1) is 28.9. The molecule has 196 valence electrons. The molecular formula is C28H36FNO6. The molecule has 1 aromatic carbocycles. The first-order valence-corrected chi connectivity index (χ1v) is 12.1. The highest BCUT2D eigenvalue weighted by molar-refractivity contribution is 6.00. The fraction of sp³-hybridized carbons (Fsp3) is 0.500. The van der Waals surface area contributed by atoms with E-state index in [-0.39, 0.29) is 41.3 Å². The van der Waals surface area contributed by atoms with Gasteiger partial charge in [0, 0.05) is 24.6 Å². The quantitative estimate of drug-likeness (QED) is 0.289. The minimum atomic E-state index is -0.774. The number of ether oxygens (including phenoxy) is 3. The van der Waals surface area contributed by atoms with Gasteiger partial charge in [0.25, 0.3) is 0 Å². The number of methoxy groups -OCH3 is 1. The number of nitrogens with zero attached hydrogens (tertiary/aromatic N) is 1. The normalized spacial score (nSPS) is 13.8. The van der Waals surface area contributed by atoms with Gasteiger partial charge in [-0.05, 0) is 43.0 Å². The summed E-state index contributed by atoms with van der Waals surface area (Å²) in [5.41, 5.74) is 1.61. The second kappa shape index (κ2) is 12.6. The molecule has 0 aliphatic heterocycles. The number of carbonyl (C=O) groups is 3. The van der Waals surface area contributed by atoms with Crippen LogP contribution in [0.4, 0.5) is 4.39 Å². The van der Waals surface area contributed by atoms with Gasteiger partial charge in [-0.2, -0.15) is 0 Å². The van der Waals surface area contributed by atoms with Crippen LogP contribution in [0.2, 0.25) is 0 Å². The molecule has 1 aromatic heterocycles. The van der Waals surface area contributed by atoms with E-state index in [1.807, 2.05) is 20.8 Å². The van der Waals surface area contributed by atoms with Gasteiger partial charge >= 0.3 is 11.9 Å². The Labute approximate surface area is 212 Å². The predicted octanol–water partition coefficient (Wildman–Crippen LogP) is 5.68. The van der Waals surface area contributed by atoms with Crippen molar-refractivity contribution in [1.29, 1.82) is 0 Å². The molecule has 2 aromatic rings. The van der Waals surface area contributed by atoms with Crippen molar-refractivity contribution >= 4 is 17.7 Å². The summed E-state index contributed by atoms with van der Waals surface area (Å²) in [5.74, 6) is -2.97. The molecule has 7 nitrogen and oxygen atoms in total. The van der Waals surface area contributed by atoms with Crippen molar-refractivity contribution in [2.45, 2.75) is 66.9 Å². The third-order valence-electron chi connectivity index (χ3n) is 6.04. The van der Waals surface area contributed by atoms with Crippen LogP contribution in [0.1, 0.15) is 75.5 Å². The lowest BCUT2D eigenvalue weighted by Crippen LogP contribution is -2.30. The van der Waals surface area contributed by atoms with Crippen LogP contribution < -0.4 is 9.47 Å². The Morgan fingerprint density at radius 2 is 1.67 bits per heavy atom. The Hall–Kier alpha value is -3.29. The van der Waals surface area contributed by atoms with E-state index in [1.165, 1.54) is 31.5 Å². The monoisotopic (exact) mass is 501 g/mol. The zero-order valence-electron chi connectivity index (χ0n) is 22.3. The standard InChI is InChI=1S/C28H36FNO6/c1-15(2)24(21-10-9-20(29)13-17(21)5)19(7)35-28(33)18(6)14-22(31)25-26(36-27(32)16(3)4)23(34-8)11-12-30-25/h9-13,15-16,18-19,24H,14H2,1-8H3/t18-,19+,24-/m1/s1. The van der Waals surface area contributed by atoms with Gasteiger partial charge in [0.1, 0.15) is 11.9 Å². The number of pyridine rings is 1. The molecule has 0 N–H and O–H groups in total. The van der Waals surface area contributed by atoms with Crippen LogP contribution in [0.15, 0.2) is 30.5 Å². The van der Waals surface area contributed by atoms with E-state index in [0.717, 1.165) is 11.1 Å². The second-order valence-corrected chi connectivity index (χ2v) is 9.71. The summed E-state index contributed by atoms with van der Waals surface area (Å²) in [4.78, 5) is 42.3. The number of hydrogen-bond donors (Lipinski definition) is 0. The summed E-state index contributed by atoms with van der Waals surface area (Å²) in [5, 5.41) is 0. The molecule has 1 heterocycles. The maximum absolute atomic E-state index is 13.6. The lowest BCUT2D eigenvalue weighted by Gasteiger charge is -2.30. The zero-order chi connectivity index (χ0) is 27.2. The van der Waals surface area contributed by atoms with E-state index in [0.29, 0.717) is 0 Å². The number of esters is 2. The first-order chi connectivity index (χ1) is 16.9. The Bertz CT molecular complexity index is 1100. The van der Waals surface area contributed by atoms with E-state index in [1.54, 1.807) is 33.8 Å². The Balaban J connectivity index is 2.18. The number of ketones is 1. The lowest BCUT2D eigenvalue weighted by atomic mass is 9.82. The maximum Gasteiger partial charge on any atom is 0.313 e. The molecule has 3 atom stereocenters. The van der Waals surface area contributed by atoms with Crippen molar-refractivity contribution in [1.82, 2.24) is 4.98 Å². The number of carbonyl (C=O) groups excluding carboxylic acids is 3. The minimum Gasteiger partial charge on any atom is -0.493 e. The number of aryl methyl sites for hydroxylation is 1. The molecule has 8 heteroatoms. The van der Waals surface area contributed by atoms with Crippen LogP contribution in [0, 0.1) is 30.5 Å². The van der Waals surface area contributed by atoms with Crippen molar-refractivity contribution in [3.63, 3.8) is 0 Å². The van der Waals surface area contributed by atoms with Crippen LogP contribution in [-0.4, -0.2) is 35.9 Å². The number of halogens is 1. The van der Waals surface area contributed by atoms with Gasteiger partial charge in [-0.25, -0.2) is 9.37 Å². The highest BCUT2D eigenvalue weighted by atomic mass is 19.1. The van der Waals surface area contributed by atoms with E-state index < -0.39 is 35.7 Å². The summed E-state index contributed by atoms with van der Waals surface area (Å²) < 4.78 is 30.0. The molecule has 0 unspecified atom stereocenters. The van der Waals surface area contributed by atoms with Crippen molar-refractivity contribution in [2.24, 2.45) is 17.8 Å². The average Bonchev–Trinajstić information content (AvgIpc) is 2.80. The summed E-state index contributed by atoms with van der Waals surface area (Å²) in [7, 11) is 1.39. The summed E-state index contributed by atoms with van der Waals surface area (Å²) in [6.07, 6.45) is 0.679. The topological polar surface area (TPSA) is 91.8 Å². The Morgan fingerprint density at radius 1 is 1.00 bits per heavy atom.